The average molecular weight is 820 g/mol. The number of imidazole rings is 1. The van der Waals surface area contributed by atoms with Gasteiger partial charge in [-0.3, -0.25) is 39.0 Å². The van der Waals surface area contributed by atoms with Gasteiger partial charge in [-0.2, -0.15) is 0 Å². The van der Waals surface area contributed by atoms with Crippen LogP contribution >= 0.6 is 0 Å². The second-order valence-corrected chi connectivity index (χ2v) is 16.0. The molecular weight excluding hydrogens is 771 g/mol. The van der Waals surface area contributed by atoms with E-state index >= 15 is 0 Å². The third-order valence-electron chi connectivity index (χ3n) is 11.8. The Kier molecular flexibility index (Phi) is 12.1. The number of rotatable bonds is 16. The number of unbranched alkanes of at least 4 members (excludes halogenated alkanes) is 3. The number of anilines is 1. The molecule has 0 spiro atoms. The summed E-state index contributed by atoms with van der Waals surface area (Å²) in [6.45, 7) is 5.17. The monoisotopic (exact) mass is 819 g/mol. The summed E-state index contributed by atoms with van der Waals surface area (Å²) in [5.41, 5.74) is 3.05. The Morgan fingerprint density at radius 2 is 1.70 bits per heavy atom. The van der Waals surface area contributed by atoms with Crippen LogP contribution in [-0.4, -0.2) is 121 Å². The summed E-state index contributed by atoms with van der Waals surface area (Å²) in [6.07, 6.45) is 11.1. The first-order valence-corrected chi connectivity index (χ1v) is 20.8. The molecule has 3 aromatic heterocycles. The van der Waals surface area contributed by atoms with Gasteiger partial charge < -0.3 is 30.2 Å². The minimum Gasteiger partial charge on any atom is -0.484 e. The van der Waals surface area contributed by atoms with E-state index in [9.17, 15) is 28.8 Å². The maximum atomic E-state index is 13.0. The van der Waals surface area contributed by atoms with Crippen LogP contribution in [-0.2, 0) is 14.4 Å². The van der Waals surface area contributed by atoms with E-state index in [0.717, 1.165) is 98.6 Å². The van der Waals surface area contributed by atoms with Crippen LogP contribution in [0.4, 0.5) is 5.82 Å². The fourth-order valence-corrected chi connectivity index (χ4v) is 8.36. The van der Waals surface area contributed by atoms with E-state index in [1.807, 2.05) is 25.4 Å². The Hall–Kier alpha value is -6.30. The lowest BCUT2D eigenvalue weighted by Gasteiger charge is -2.36. The highest BCUT2D eigenvalue weighted by atomic mass is 16.5. The molecule has 1 unspecified atom stereocenters. The third kappa shape index (κ3) is 8.97. The molecule has 60 heavy (non-hydrogen) atoms. The van der Waals surface area contributed by atoms with Crippen molar-refractivity contribution >= 4 is 52.4 Å². The minimum absolute atomic E-state index is 0.0412. The van der Waals surface area contributed by atoms with Gasteiger partial charge in [-0.25, -0.2) is 19.9 Å². The summed E-state index contributed by atoms with van der Waals surface area (Å²) in [6, 6.07) is 9.33. The van der Waals surface area contributed by atoms with Gasteiger partial charge in [0, 0.05) is 49.9 Å². The predicted octanol–water partition coefficient (Wildman–Crippen LogP) is 2.70. The number of imide groups is 2. The van der Waals surface area contributed by atoms with E-state index in [4.69, 9.17) is 4.74 Å². The molecule has 3 fully saturated rings. The van der Waals surface area contributed by atoms with Gasteiger partial charge in [-0.05, 0) is 88.7 Å². The summed E-state index contributed by atoms with van der Waals surface area (Å²) < 4.78 is 7.70. The molecule has 4 aliphatic rings. The largest absolute Gasteiger partial charge is 0.484 e. The Morgan fingerprint density at radius 1 is 0.900 bits per heavy atom. The molecule has 314 valence electrons. The number of likely N-dealkylation sites (tertiary alicyclic amines) is 1. The molecule has 1 atom stereocenters. The summed E-state index contributed by atoms with van der Waals surface area (Å²) in [4.78, 5) is 96.3. The molecule has 0 bridgehead atoms. The topological polar surface area (TPSA) is 223 Å². The number of carbonyl (C=O) groups excluding carboxylic acids is 6. The first kappa shape index (κ1) is 40.5. The Labute approximate surface area is 346 Å². The zero-order valence-electron chi connectivity index (χ0n) is 33.5. The maximum absolute atomic E-state index is 13.0. The number of fused-ring (bicyclic) bond motifs is 2. The molecule has 4 N–H and O–H groups in total. The summed E-state index contributed by atoms with van der Waals surface area (Å²) in [7, 11) is 0. The van der Waals surface area contributed by atoms with Crippen molar-refractivity contribution in [2.45, 2.75) is 95.3 Å². The number of piperidine rings is 2. The molecular formula is C42H49N11O7. The number of ether oxygens (including phenoxy) is 1. The number of pyridine rings is 1. The van der Waals surface area contributed by atoms with Crippen molar-refractivity contribution in [3.8, 4) is 5.75 Å². The van der Waals surface area contributed by atoms with Crippen molar-refractivity contribution in [1.82, 2.24) is 50.3 Å². The average Bonchev–Trinajstić information content (AvgIpc) is 3.76. The first-order valence-electron chi connectivity index (χ1n) is 20.8. The van der Waals surface area contributed by atoms with Gasteiger partial charge >= 0.3 is 0 Å². The van der Waals surface area contributed by atoms with Crippen LogP contribution in [0.3, 0.4) is 0 Å². The molecule has 3 aliphatic heterocycles. The molecule has 1 aromatic carbocycles. The highest BCUT2D eigenvalue weighted by molar-refractivity contribution is 6.23. The number of benzene rings is 1. The summed E-state index contributed by atoms with van der Waals surface area (Å²) in [5, 5.41) is 11.8. The van der Waals surface area contributed by atoms with Crippen molar-refractivity contribution < 1.29 is 33.5 Å². The number of amides is 6. The lowest BCUT2D eigenvalue weighted by atomic mass is 9.86. The van der Waals surface area contributed by atoms with Crippen molar-refractivity contribution in [1.29, 1.82) is 0 Å². The van der Waals surface area contributed by atoms with Crippen molar-refractivity contribution in [3.05, 3.63) is 71.6 Å². The van der Waals surface area contributed by atoms with E-state index in [0.29, 0.717) is 18.3 Å². The lowest BCUT2D eigenvalue weighted by molar-refractivity contribution is -0.136. The standard InChI is InChI=1S/C42H49N11O7/c1-25-7-6-8-32(47-25)39(56)49-27-19-28(20-27)52-24-46-36-37(44-23-45-38(36)52)48-26-13-17-51(18-14-26)16-5-3-2-4-15-43-35(55)22-60-29-9-10-30-31(21-29)42(59)53(41(30)58)33-11-12-34(54)50-40(33)57/h6-10,21,23-24,26-28,33H,2-5,11-20,22H2,1H3,(H,43,55)(H,49,56)(H,44,45,48)(H,50,54,57). The van der Waals surface area contributed by atoms with Crippen LogP contribution in [0.15, 0.2) is 49.1 Å². The van der Waals surface area contributed by atoms with Gasteiger partial charge in [0.05, 0.1) is 17.5 Å². The van der Waals surface area contributed by atoms with Crippen LogP contribution in [0.1, 0.15) is 107 Å². The van der Waals surface area contributed by atoms with Gasteiger partial charge in [0.15, 0.2) is 18.1 Å². The lowest BCUT2D eigenvalue weighted by Crippen LogP contribution is -2.54. The molecule has 6 amide bonds. The Balaban J connectivity index is 0.687. The number of nitrogens with zero attached hydrogens (tertiary/aromatic N) is 7. The van der Waals surface area contributed by atoms with E-state index < -0.39 is 29.7 Å². The van der Waals surface area contributed by atoms with Gasteiger partial charge in [0.25, 0.3) is 23.6 Å². The molecule has 4 aromatic rings. The fraction of sp³-hybridized carbons (Fsp3) is 0.476. The molecule has 18 nitrogen and oxygen atoms in total. The summed E-state index contributed by atoms with van der Waals surface area (Å²) in [5.74, 6) is -1.77. The SMILES string of the molecule is Cc1cccc(C(=O)NC2CC(n3cnc4c(NC5CCN(CCCCCCNC(=O)COc6ccc7c(c6)C(=O)N(C6CCC(=O)NC6=O)C7=O)CC5)ncnc43)C2)n1. The normalized spacial score (nSPS) is 20.8. The third-order valence-corrected chi connectivity index (χ3v) is 11.8. The molecule has 8 rings (SSSR count). The van der Waals surface area contributed by atoms with Crippen LogP contribution in [0.5, 0.6) is 5.75 Å². The Bertz CT molecular complexity index is 2300. The number of aromatic nitrogens is 5. The number of carbonyl (C=O) groups is 6. The quantitative estimate of drug-likeness (QED) is 0.0945. The molecule has 18 heteroatoms. The Morgan fingerprint density at radius 3 is 2.50 bits per heavy atom. The minimum atomic E-state index is -1.05. The molecule has 6 heterocycles. The van der Waals surface area contributed by atoms with E-state index in [2.05, 4.69) is 50.7 Å². The highest BCUT2D eigenvalue weighted by Gasteiger charge is 2.45. The fourth-order valence-electron chi connectivity index (χ4n) is 8.36. The first-order chi connectivity index (χ1) is 29.1. The van der Waals surface area contributed by atoms with E-state index in [1.165, 1.54) is 18.2 Å². The number of hydrogen-bond donors (Lipinski definition) is 4. The van der Waals surface area contributed by atoms with Gasteiger partial charge in [-0.1, -0.05) is 18.9 Å². The van der Waals surface area contributed by atoms with Crippen LogP contribution in [0, 0.1) is 6.92 Å². The van der Waals surface area contributed by atoms with Crippen LogP contribution in [0.25, 0.3) is 11.2 Å². The smallest absolute Gasteiger partial charge is 0.270 e. The molecule has 1 aliphatic carbocycles. The second-order valence-electron chi connectivity index (χ2n) is 16.0. The zero-order valence-corrected chi connectivity index (χ0v) is 33.5. The highest BCUT2D eigenvalue weighted by Crippen LogP contribution is 2.35. The predicted molar refractivity (Wildman–Crippen MR) is 217 cm³/mol. The summed E-state index contributed by atoms with van der Waals surface area (Å²) >= 11 is 0. The molecule has 0 radical (unpaired) electrons. The van der Waals surface area contributed by atoms with Crippen molar-refractivity contribution in [2.24, 2.45) is 0 Å². The number of aryl methyl sites for hydroxylation is 1. The molecule has 2 saturated heterocycles. The zero-order chi connectivity index (χ0) is 41.8. The number of hydrogen-bond acceptors (Lipinski definition) is 13. The van der Waals surface area contributed by atoms with Gasteiger partial charge in [0.1, 0.15) is 29.3 Å². The molecule has 1 saturated carbocycles. The van der Waals surface area contributed by atoms with E-state index in [1.54, 1.807) is 12.4 Å². The van der Waals surface area contributed by atoms with Crippen LogP contribution in [0.2, 0.25) is 0 Å². The van der Waals surface area contributed by atoms with E-state index in [-0.39, 0.29) is 60.2 Å². The van der Waals surface area contributed by atoms with Crippen LogP contribution < -0.4 is 26.0 Å². The second kappa shape index (κ2) is 17.9. The van der Waals surface area contributed by atoms with Gasteiger partial charge in [-0.15, -0.1) is 0 Å². The maximum Gasteiger partial charge on any atom is 0.270 e. The van der Waals surface area contributed by atoms with Crippen molar-refractivity contribution in [3.63, 3.8) is 0 Å². The number of nitrogens with one attached hydrogen (secondary N) is 4. The van der Waals surface area contributed by atoms with Gasteiger partial charge in [0.2, 0.25) is 11.8 Å². The van der Waals surface area contributed by atoms with Crippen molar-refractivity contribution in [2.75, 3.05) is 38.1 Å².